The van der Waals surface area contributed by atoms with Crippen LogP contribution in [0.25, 0.3) is 0 Å². The predicted molar refractivity (Wildman–Crippen MR) is 31.2 cm³/mol. The van der Waals surface area contributed by atoms with Crippen molar-refractivity contribution in [1.82, 2.24) is 10.7 Å². The fourth-order valence-corrected chi connectivity index (χ4v) is 0.251. The van der Waals surface area contributed by atoms with E-state index in [1.54, 1.807) is 12.3 Å². The van der Waals surface area contributed by atoms with Crippen molar-refractivity contribution in [3.05, 3.63) is 0 Å². The Balaban J connectivity index is 3.47. The lowest BCUT2D eigenvalue weighted by Crippen LogP contribution is -2.42. The Morgan fingerprint density at radius 1 is 1.56 bits per heavy atom. The Bertz CT molecular complexity index is 109. The molecular formula is C4H9N3O2. The molecule has 0 aliphatic rings. The second kappa shape index (κ2) is 3.85. The number of rotatable bonds is 1. The summed E-state index contributed by atoms with van der Waals surface area (Å²) >= 11 is 0. The van der Waals surface area contributed by atoms with Crippen LogP contribution < -0.4 is 16.6 Å². The molecule has 0 heterocycles. The molecule has 0 aromatic carbocycles. The highest BCUT2D eigenvalue weighted by atomic mass is 16.2. The van der Waals surface area contributed by atoms with Gasteiger partial charge in [-0.25, -0.2) is 10.6 Å². The minimum absolute atomic E-state index is 0.271. The van der Waals surface area contributed by atoms with Gasteiger partial charge in [0.1, 0.15) is 0 Å². The Morgan fingerprint density at radius 3 is 2.44 bits per heavy atom. The molecule has 0 aliphatic heterocycles. The van der Waals surface area contributed by atoms with Crippen LogP contribution in [-0.2, 0) is 4.79 Å². The molecule has 0 spiro atoms. The smallest absolute Gasteiger partial charge is 0.277 e. The van der Waals surface area contributed by atoms with E-state index in [1.807, 2.05) is 5.32 Å². The zero-order chi connectivity index (χ0) is 7.28. The Kier molecular flexibility index (Phi) is 3.38. The van der Waals surface area contributed by atoms with Crippen LogP contribution in [0.2, 0.25) is 0 Å². The fraction of sp³-hybridized carbons (Fsp3) is 0.500. The topological polar surface area (TPSA) is 84.2 Å². The van der Waals surface area contributed by atoms with Crippen molar-refractivity contribution in [1.29, 1.82) is 0 Å². The van der Waals surface area contributed by atoms with Crippen LogP contribution in [0.15, 0.2) is 0 Å². The Labute approximate surface area is 52.6 Å². The van der Waals surface area contributed by atoms with Gasteiger partial charge in [0, 0.05) is 6.42 Å². The second-order valence-electron chi connectivity index (χ2n) is 1.38. The number of nitrogens with one attached hydrogen (secondary N) is 2. The largest absolute Gasteiger partial charge is 0.335 e. The maximum atomic E-state index is 10.4. The number of hydrogen-bond donors (Lipinski definition) is 3. The summed E-state index contributed by atoms with van der Waals surface area (Å²) < 4.78 is 0. The average molecular weight is 131 g/mol. The quantitative estimate of drug-likeness (QED) is 0.245. The number of amides is 3. The van der Waals surface area contributed by atoms with E-state index in [1.165, 1.54) is 0 Å². The highest BCUT2D eigenvalue weighted by Crippen LogP contribution is 1.72. The van der Waals surface area contributed by atoms with E-state index in [0.29, 0.717) is 0 Å². The molecule has 52 valence electrons. The normalized spacial score (nSPS) is 8.22. The zero-order valence-electron chi connectivity index (χ0n) is 5.10. The maximum absolute atomic E-state index is 10.4. The fourth-order valence-electron chi connectivity index (χ4n) is 0.251. The van der Waals surface area contributed by atoms with Crippen LogP contribution in [0.5, 0.6) is 0 Å². The summed E-state index contributed by atoms with van der Waals surface area (Å²) in [6, 6.07) is -0.679. The highest BCUT2D eigenvalue weighted by Gasteiger charge is 2.00. The van der Waals surface area contributed by atoms with Gasteiger partial charge in [0.2, 0.25) is 5.91 Å². The van der Waals surface area contributed by atoms with Crippen LogP contribution in [0.4, 0.5) is 4.79 Å². The number of carbonyl (C=O) groups excluding carboxylic acids is 2. The van der Waals surface area contributed by atoms with Crippen molar-refractivity contribution in [3.63, 3.8) is 0 Å². The van der Waals surface area contributed by atoms with Crippen molar-refractivity contribution >= 4 is 11.9 Å². The van der Waals surface area contributed by atoms with E-state index in [2.05, 4.69) is 5.84 Å². The Hall–Kier alpha value is -1.10. The molecule has 4 N–H and O–H groups in total. The van der Waals surface area contributed by atoms with E-state index in [9.17, 15) is 9.59 Å². The molecule has 0 radical (unpaired) electrons. The molecule has 0 atom stereocenters. The SMILES string of the molecule is CCC(=O)NC(=O)NN. The lowest BCUT2D eigenvalue weighted by Gasteiger charge is -1.97. The van der Waals surface area contributed by atoms with E-state index >= 15 is 0 Å². The molecule has 0 aromatic rings. The zero-order valence-corrected chi connectivity index (χ0v) is 5.10. The van der Waals surface area contributed by atoms with E-state index in [4.69, 9.17) is 0 Å². The van der Waals surface area contributed by atoms with Crippen molar-refractivity contribution in [2.45, 2.75) is 13.3 Å². The van der Waals surface area contributed by atoms with Crippen LogP contribution in [0.1, 0.15) is 13.3 Å². The number of hydrogen-bond acceptors (Lipinski definition) is 3. The third-order valence-corrected chi connectivity index (χ3v) is 0.705. The van der Waals surface area contributed by atoms with Crippen LogP contribution in [-0.4, -0.2) is 11.9 Å². The van der Waals surface area contributed by atoms with Crippen LogP contribution >= 0.6 is 0 Å². The van der Waals surface area contributed by atoms with Gasteiger partial charge >= 0.3 is 6.03 Å². The van der Waals surface area contributed by atoms with Gasteiger partial charge in [0.25, 0.3) is 0 Å². The van der Waals surface area contributed by atoms with E-state index in [0.717, 1.165) is 0 Å². The first kappa shape index (κ1) is 7.90. The van der Waals surface area contributed by atoms with Crippen molar-refractivity contribution in [2.24, 2.45) is 5.84 Å². The molecule has 0 saturated carbocycles. The molecule has 0 aliphatic carbocycles. The lowest BCUT2D eigenvalue weighted by molar-refractivity contribution is -0.119. The van der Waals surface area contributed by atoms with Gasteiger partial charge in [-0.2, -0.15) is 0 Å². The van der Waals surface area contributed by atoms with Gasteiger partial charge in [0.05, 0.1) is 0 Å². The molecule has 5 heteroatoms. The van der Waals surface area contributed by atoms with E-state index < -0.39 is 6.03 Å². The van der Waals surface area contributed by atoms with Gasteiger partial charge in [-0.1, -0.05) is 6.92 Å². The van der Waals surface area contributed by atoms with Crippen molar-refractivity contribution < 1.29 is 9.59 Å². The van der Waals surface area contributed by atoms with Gasteiger partial charge in [0.15, 0.2) is 0 Å². The molecule has 0 saturated heterocycles. The van der Waals surface area contributed by atoms with Crippen molar-refractivity contribution in [2.75, 3.05) is 0 Å². The van der Waals surface area contributed by atoms with E-state index in [-0.39, 0.29) is 12.3 Å². The standard InChI is InChI=1S/C4H9N3O2/c1-2-3(8)6-4(9)7-5/h2,5H2,1H3,(H2,6,7,8,9). The van der Waals surface area contributed by atoms with Crippen LogP contribution in [0, 0.1) is 0 Å². The molecule has 3 amide bonds. The molecule has 0 fully saturated rings. The molecule has 0 unspecified atom stereocenters. The predicted octanol–water partition coefficient (Wildman–Crippen LogP) is -0.904. The molecule has 0 aromatic heterocycles. The lowest BCUT2D eigenvalue weighted by atomic mass is 10.5. The molecule has 9 heavy (non-hydrogen) atoms. The maximum Gasteiger partial charge on any atom is 0.335 e. The summed E-state index contributed by atoms with van der Waals surface area (Å²) in [6.45, 7) is 1.64. The summed E-state index contributed by atoms with van der Waals surface area (Å²) in [5, 5.41) is 1.97. The van der Waals surface area contributed by atoms with Gasteiger partial charge in [-0.15, -0.1) is 0 Å². The monoisotopic (exact) mass is 131 g/mol. The third-order valence-electron chi connectivity index (χ3n) is 0.705. The van der Waals surface area contributed by atoms with Gasteiger partial charge < -0.3 is 0 Å². The van der Waals surface area contributed by atoms with Gasteiger partial charge in [-0.05, 0) is 0 Å². The number of nitrogens with two attached hydrogens (primary N) is 1. The summed E-state index contributed by atoms with van der Waals surface area (Å²) in [6.07, 6.45) is 0.271. The number of hydrazine groups is 1. The molecule has 0 rings (SSSR count). The summed E-state index contributed by atoms with van der Waals surface area (Å²) in [4.78, 5) is 20.6. The molecule has 5 nitrogen and oxygen atoms in total. The summed E-state index contributed by atoms with van der Waals surface area (Å²) in [5.41, 5.74) is 1.76. The molecule has 0 bridgehead atoms. The number of imide groups is 1. The first-order chi connectivity index (χ1) is 4.20. The Morgan fingerprint density at radius 2 is 2.11 bits per heavy atom. The molecular weight excluding hydrogens is 122 g/mol. The first-order valence-corrected chi connectivity index (χ1v) is 2.51. The first-order valence-electron chi connectivity index (χ1n) is 2.51. The third kappa shape index (κ3) is 3.48. The highest BCUT2D eigenvalue weighted by molar-refractivity contribution is 5.93. The van der Waals surface area contributed by atoms with Crippen LogP contribution in [0.3, 0.4) is 0 Å². The minimum Gasteiger partial charge on any atom is -0.277 e. The number of urea groups is 1. The van der Waals surface area contributed by atoms with Crippen molar-refractivity contribution in [3.8, 4) is 0 Å². The number of carbonyl (C=O) groups is 2. The van der Waals surface area contributed by atoms with Gasteiger partial charge in [-0.3, -0.25) is 15.5 Å². The summed E-state index contributed by atoms with van der Waals surface area (Å²) in [5.74, 6) is 4.31. The minimum atomic E-state index is -0.679. The summed E-state index contributed by atoms with van der Waals surface area (Å²) in [7, 11) is 0. The average Bonchev–Trinajstić information content (AvgIpc) is 1.87. The second-order valence-corrected chi connectivity index (χ2v) is 1.38.